The molecule has 0 radical (unpaired) electrons. The fourth-order valence-electron chi connectivity index (χ4n) is 3.67. The van der Waals surface area contributed by atoms with Gasteiger partial charge in [-0.2, -0.15) is 13.2 Å². The number of hydrogen-bond donors (Lipinski definition) is 2. The first-order valence-corrected chi connectivity index (χ1v) is 10.3. The van der Waals surface area contributed by atoms with E-state index < -0.39 is 29.9 Å². The maximum atomic E-state index is 13.0. The third kappa shape index (κ3) is 5.86. The van der Waals surface area contributed by atoms with Gasteiger partial charge in [-0.3, -0.25) is 9.78 Å². The number of rotatable bonds is 8. The van der Waals surface area contributed by atoms with Crippen molar-refractivity contribution in [2.75, 3.05) is 18.5 Å². The van der Waals surface area contributed by atoms with Crippen LogP contribution in [-0.4, -0.2) is 35.5 Å². The summed E-state index contributed by atoms with van der Waals surface area (Å²) < 4.78 is 50.6. The molecule has 0 unspecified atom stereocenters. The lowest BCUT2D eigenvalue weighted by molar-refractivity contribution is -0.165. The number of aliphatic hydroxyl groups excluding tert-OH is 1. The lowest BCUT2D eigenvalue weighted by Gasteiger charge is -2.37. The van der Waals surface area contributed by atoms with Crippen LogP contribution in [0.15, 0.2) is 60.6 Å². The molecule has 1 aliphatic heterocycles. The average molecular weight is 450 g/mol. The van der Waals surface area contributed by atoms with E-state index in [1.807, 2.05) is 0 Å². The molecule has 0 saturated carbocycles. The van der Waals surface area contributed by atoms with Gasteiger partial charge in [0.15, 0.2) is 5.76 Å². The molecule has 1 aliphatic rings. The minimum Gasteiger partial charge on any atom is -0.459 e. The van der Waals surface area contributed by atoms with Crippen LogP contribution in [-0.2, 0) is 20.4 Å². The Bertz CT molecular complexity index is 917. The molecule has 3 atom stereocenters. The Morgan fingerprint density at radius 3 is 2.59 bits per heavy atom. The second kappa shape index (κ2) is 10.6. The molecule has 0 bridgehead atoms. The summed E-state index contributed by atoms with van der Waals surface area (Å²) >= 11 is 0. The van der Waals surface area contributed by atoms with E-state index in [-0.39, 0.29) is 18.3 Å². The van der Waals surface area contributed by atoms with E-state index in [0.717, 1.165) is 12.1 Å². The van der Waals surface area contributed by atoms with E-state index in [4.69, 9.17) is 9.47 Å². The van der Waals surface area contributed by atoms with Gasteiger partial charge < -0.3 is 19.9 Å². The van der Waals surface area contributed by atoms with Crippen LogP contribution in [0.1, 0.15) is 36.8 Å². The number of hydrogen-bond acceptors (Lipinski definition) is 5. The highest BCUT2D eigenvalue weighted by Crippen LogP contribution is 2.40. The first kappa shape index (κ1) is 23.7. The van der Waals surface area contributed by atoms with Crippen molar-refractivity contribution in [3.05, 3.63) is 71.8 Å². The summed E-state index contributed by atoms with van der Waals surface area (Å²) in [7, 11) is 0. The van der Waals surface area contributed by atoms with Crippen LogP contribution < -0.4 is 5.32 Å². The number of nitrogens with zero attached hydrogens (tertiary/aromatic N) is 1. The number of carbonyl (C=O) groups is 1. The number of carbonyl (C=O) groups excluding carboxylic acids is 1. The molecular weight excluding hydrogens is 425 g/mol. The van der Waals surface area contributed by atoms with E-state index in [1.165, 1.54) is 18.3 Å². The number of pyridine rings is 1. The van der Waals surface area contributed by atoms with Gasteiger partial charge >= 0.3 is 6.18 Å². The summed E-state index contributed by atoms with van der Waals surface area (Å²) in [6, 6.07) is 8.19. The number of nitrogens with one attached hydrogen (secondary N) is 1. The number of benzene rings is 1. The minimum absolute atomic E-state index is 0.0115. The molecular formula is C23H25F3N2O4. The monoisotopic (exact) mass is 450 g/mol. The molecule has 2 heterocycles. The number of aromatic nitrogens is 1. The van der Waals surface area contributed by atoms with Crippen LogP contribution >= 0.6 is 0 Å². The van der Waals surface area contributed by atoms with E-state index in [1.54, 1.807) is 31.3 Å². The van der Waals surface area contributed by atoms with Crippen LogP contribution in [0.3, 0.4) is 0 Å². The summed E-state index contributed by atoms with van der Waals surface area (Å²) in [5.74, 6) is -1.24. The number of halogens is 3. The van der Waals surface area contributed by atoms with Crippen molar-refractivity contribution < 1.29 is 32.5 Å². The fraction of sp³-hybridized carbons (Fsp3) is 0.391. The second-order valence-corrected chi connectivity index (χ2v) is 7.34. The average Bonchev–Trinajstić information content (AvgIpc) is 2.78. The van der Waals surface area contributed by atoms with Gasteiger partial charge in [0.05, 0.1) is 17.4 Å². The predicted molar refractivity (Wildman–Crippen MR) is 111 cm³/mol. The Morgan fingerprint density at radius 1 is 1.25 bits per heavy atom. The van der Waals surface area contributed by atoms with Gasteiger partial charge in [-0.25, -0.2) is 0 Å². The molecule has 0 fully saturated rings. The standard InChI is InChI=1S/C23H25F3N2O4/c1-2-31-22-18(6-4-12-29)19(15-7-9-16(10-8-15)23(24,25)26)13-20(32-22)21(30)28-17-5-3-11-27-14-17/h3,5,7-11,13-14,18-19,22,29H,2,4,6,12H2,1H3,(H,28,30)/t18-,19+,22+/m1/s1. The summed E-state index contributed by atoms with van der Waals surface area (Å²) in [6.45, 7) is 2.05. The number of anilines is 1. The summed E-state index contributed by atoms with van der Waals surface area (Å²) in [5.41, 5.74) is 0.323. The Hall–Kier alpha value is -2.91. The molecule has 6 nitrogen and oxygen atoms in total. The number of alkyl halides is 3. The molecule has 32 heavy (non-hydrogen) atoms. The van der Waals surface area contributed by atoms with E-state index in [2.05, 4.69) is 10.3 Å². The molecule has 1 amide bonds. The molecule has 0 spiro atoms. The Balaban J connectivity index is 1.95. The normalized spacial score (nSPS) is 20.9. The Labute approximate surface area is 184 Å². The van der Waals surface area contributed by atoms with Crippen molar-refractivity contribution in [3.63, 3.8) is 0 Å². The van der Waals surface area contributed by atoms with Crippen LogP contribution in [0.5, 0.6) is 0 Å². The first-order valence-electron chi connectivity index (χ1n) is 10.3. The smallest absolute Gasteiger partial charge is 0.416 e. The number of allylic oxidation sites excluding steroid dienone is 1. The zero-order valence-electron chi connectivity index (χ0n) is 17.5. The first-order chi connectivity index (χ1) is 15.3. The summed E-state index contributed by atoms with van der Waals surface area (Å²) in [4.78, 5) is 16.8. The lowest BCUT2D eigenvalue weighted by Crippen LogP contribution is -2.37. The van der Waals surface area contributed by atoms with E-state index in [9.17, 15) is 23.1 Å². The highest BCUT2D eigenvalue weighted by atomic mass is 19.4. The SMILES string of the molecule is CCO[C@H]1OC(C(=O)Nc2cccnc2)=C[C@@H](c2ccc(C(F)(F)F)cc2)[C@H]1CCCO. The van der Waals surface area contributed by atoms with Gasteiger partial charge in [-0.05, 0) is 55.7 Å². The molecule has 0 aliphatic carbocycles. The van der Waals surface area contributed by atoms with Gasteiger partial charge in [0.1, 0.15) is 0 Å². The zero-order chi connectivity index (χ0) is 23.1. The second-order valence-electron chi connectivity index (χ2n) is 7.34. The van der Waals surface area contributed by atoms with Gasteiger partial charge in [0, 0.05) is 31.2 Å². The zero-order valence-corrected chi connectivity index (χ0v) is 17.5. The van der Waals surface area contributed by atoms with Gasteiger partial charge in [-0.1, -0.05) is 12.1 Å². The largest absolute Gasteiger partial charge is 0.459 e. The number of aliphatic hydroxyl groups is 1. The van der Waals surface area contributed by atoms with Crippen molar-refractivity contribution in [2.45, 2.75) is 38.1 Å². The van der Waals surface area contributed by atoms with Crippen molar-refractivity contribution in [3.8, 4) is 0 Å². The molecule has 1 aromatic carbocycles. The number of amides is 1. The van der Waals surface area contributed by atoms with E-state index >= 15 is 0 Å². The molecule has 1 aromatic heterocycles. The minimum atomic E-state index is -4.44. The Morgan fingerprint density at radius 2 is 2.00 bits per heavy atom. The predicted octanol–water partition coefficient (Wildman–Crippen LogP) is 4.49. The highest BCUT2D eigenvalue weighted by molar-refractivity contribution is 6.02. The molecule has 172 valence electrons. The van der Waals surface area contributed by atoms with Gasteiger partial charge in [-0.15, -0.1) is 0 Å². The summed E-state index contributed by atoms with van der Waals surface area (Å²) in [5, 5.41) is 12.0. The molecule has 2 aromatic rings. The fourth-order valence-corrected chi connectivity index (χ4v) is 3.67. The van der Waals surface area contributed by atoms with Crippen LogP contribution in [0.25, 0.3) is 0 Å². The van der Waals surface area contributed by atoms with Crippen LogP contribution in [0.2, 0.25) is 0 Å². The maximum absolute atomic E-state index is 13.0. The van der Waals surface area contributed by atoms with Gasteiger partial charge in [0.25, 0.3) is 5.91 Å². The van der Waals surface area contributed by atoms with E-state index in [0.29, 0.717) is 30.7 Å². The molecule has 0 saturated heterocycles. The number of ether oxygens (including phenoxy) is 2. The van der Waals surface area contributed by atoms with Crippen LogP contribution in [0.4, 0.5) is 18.9 Å². The third-order valence-electron chi connectivity index (χ3n) is 5.18. The summed E-state index contributed by atoms with van der Waals surface area (Å²) in [6.07, 6.45) is 0.385. The van der Waals surface area contributed by atoms with Gasteiger partial charge in [0.2, 0.25) is 6.29 Å². The Kier molecular flexibility index (Phi) is 7.87. The molecule has 3 rings (SSSR count). The molecule has 9 heteroatoms. The molecule has 2 N–H and O–H groups in total. The highest BCUT2D eigenvalue weighted by Gasteiger charge is 2.38. The van der Waals surface area contributed by atoms with Crippen LogP contribution in [0, 0.1) is 5.92 Å². The topological polar surface area (TPSA) is 80.7 Å². The lowest BCUT2D eigenvalue weighted by atomic mass is 9.80. The van der Waals surface area contributed by atoms with Crippen molar-refractivity contribution >= 4 is 11.6 Å². The van der Waals surface area contributed by atoms with Crippen molar-refractivity contribution in [1.82, 2.24) is 4.98 Å². The quantitative estimate of drug-likeness (QED) is 0.620. The van der Waals surface area contributed by atoms with Crippen molar-refractivity contribution in [1.29, 1.82) is 0 Å². The van der Waals surface area contributed by atoms with Crippen molar-refractivity contribution in [2.24, 2.45) is 5.92 Å². The maximum Gasteiger partial charge on any atom is 0.416 e. The third-order valence-corrected chi connectivity index (χ3v) is 5.18.